The highest BCUT2D eigenvalue weighted by Crippen LogP contribution is 2.33. The van der Waals surface area contributed by atoms with E-state index in [1.54, 1.807) is 12.1 Å². The minimum Gasteiger partial charge on any atom is -0.508 e. The molecule has 0 aliphatic heterocycles. The molecule has 0 saturated carbocycles. The molecule has 2 aromatic heterocycles. The molecule has 0 aliphatic carbocycles. The molecule has 0 fully saturated rings. The number of phenolic OH excluding ortho intramolecular Hbond substituents is 1. The van der Waals surface area contributed by atoms with E-state index in [4.69, 9.17) is 9.97 Å². The third-order valence-electron chi connectivity index (χ3n) is 4.13. The monoisotopic (exact) mass is 315 g/mol. The molecule has 0 unspecified atom stereocenters. The number of anilines is 1. The van der Waals surface area contributed by atoms with Crippen molar-refractivity contribution in [2.24, 2.45) is 0 Å². The summed E-state index contributed by atoms with van der Waals surface area (Å²) in [6, 6.07) is 19.2. The number of pyridine rings is 2. The van der Waals surface area contributed by atoms with E-state index in [0.717, 1.165) is 38.9 Å². The lowest BCUT2D eigenvalue weighted by Crippen LogP contribution is -2.10. The van der Waals surface area contributed by atoms with Gasteiger partial charge in [0, 0.05) is 30.4 Å². The zero-order valence-corrected chi connectivity index (χ0v) is 13.6. The normalized spacial score (nSPS) is 11.1. The third-order valence-corrected chi connectivity index (χ3v) is 4.13. The van der Waals surface area contributed by atoms with Crippen LogP contribution in [0.5, 0.6) is 5.75 Å². The maximum atomic E-state index is 9.55. The van der Waals surface area contributed by atoms with Gasteiger partial charge in [0.25, 0.3) is 0 Å². The van der Waals surface area contributed by atoms with Crippen LogP contribution in [-0.4, -0.2) is 29.2 Å². The number of para-hydroxylation sites is 1. The number of nitrogens with zero attached hydrogens (tertiary/aromatic N) is 3. The minimum absolute atomic E-state index is 0.247. The van der Waals surface area contributed by atoms with Crippen LogP contribution in [0.1, 0.15) is 0 Å². The number of aromatic nitrogens is 2. The molecule has 0 amide bonds. The van der Waals surface area contributed by atoms with E-state index in [1.165, 1.54) is 0 Å². The van der Waals surface area contributed by atoms with Crippen LogP contribution in [0.3, 0.4) is 0 Å². The molecule has 0 atom stereocenters. The summed E-state index contributed by atoms with van der Waals surface area (Å²) in [5, 5.41) is 11.6. The van der Waals surface area contributed by atoms with E-state index in [9.17, 15) is 5.11 Å². The quantitative estimate of drug-likeness (QED) is 0.563. The second kappa shape index (κ2) is 5.49. The van der Waals surface area contributed by atoms with E-state index in [1.807, 2.05) is 55.4 Å². The van der Waals surface area contributed by atoms with Crippen molar-refractivity contribution in [3.63, 3.8) is 0 Å². The predicted octanol–water partition coefficient (Wildman–Crippen LogP) is 4.22. The molecule has 4 aromatic rings. The van der Waals surface area contributed by atoms with Gasteiger partial charge in [-0.15, -0.1) is 0 Å². The summed E-state index contributed by atoms with van der Waals surface area (Å²) < 4.78 is 0. The molecule has 2 aromatic carbocycles. The lowest BCUT2D eigenvalue weighted by molar-refractivity contribution is 0.475. The van der Waals surface area contributed by atoms with Gasteiger partial charge in [0.2, 0.25) is 0 Å². The molecule has 0 aliphatic rings. The van der Waals surface area contributed by atoms with Crippen molar-refractivity contribution < 1.29 is 5.11 Å². The summed E-state index contributed by atoms with van der Waals surface area (Å²) in [5.41, 5.74) is 3.69. The molecule has 118 valence electrons. The van der Waals surface area contributed by atoms with Gasteiger partial charge in [0.15, 0.2) is 0 Å². The van der Waals surface area contributed by atoms with Gasteiger partial charge in [-0.1, -0.05) is 18.2 Å². The lowest BCUT2D eigenvalue weighted by Gasteiger charge is -2.14. The Labute approximate surface area is 140 Å². The van der Waals surface area contributed by atoms with Gasteiger partial charge in [-0.2, -0.15) is 0 Å². The third kappa shape index (κ3) is 2.33. The zero-order chi connectivity index (χ0) is 16.7. The molecular weight excluding hydrogens is 298 g/mol. The van der Waals surface area contributed by atoms with Gasteiger partial charge in [-0.05, 0) is 42.5 Å². The maximum absolute atomic E-state index is 9.55. The van der Waals surface area contributed by atoms with Crippen LogP contribution in [0.25, 0.3) is 33.1 Å². The Balaban J connectivity index is 2.10. The van der Waals surface area contributed by atoms with Gasteiger partial charge < -0.3 is 10.0 Å². The smallest absolute Gasteiger partial charge is 0.128 e. The molecule has 4 heteroatoms. The topological polar surface area (TPSA) is 49.2 Å². The summed E-state index contributed by atoms with van der Waals surface area (Å²) in [7, 11) is 3.97. The average molecular weight is 315 g/mol. The standard InChI is InChI=1S/C20H17N3O/c1-23(2)18-12-11-16-19(13-7-9-14(24)10-8-13)21-17-6-4-3-5-15(17)20(16)22-18/h3-12,24H,1-2H3. The Bertz CT molecular complexity index is 1040. The molecule has 0 radical (unpaired) electrons. The fourth-order valence-electron chi connectivity index (χ4n) is 2.89. The van der Waals surface area contributed by atoms with E-state index in [-0.39, 0.29) is 5.75 Å². The first-order valence-corrected chi connectivity index (χ1v) is 7.80. The number of hydrogen-bond acceptors (Lipinski definition) is 4. The van der Waals surface area contributed by atoms with Crippen molar-refractivity contribution in [2.75, 3.05) is 19.0 Å². The van der Waals surface area contributed by atoms with Crippen LogP contribution in [0.2, 0.25) is 0 Å². The van der Waals surface area contributed by atoms with Crippen molar-refractivity contribution in [1.82, 2.24) is 9.97 Å². The van der Waals surface area contributed by atoms with E-state index in [0.29, 0.717) is 0 Å². The minimum atomic E-state index is 0.247. The molecule has 4 nitrogen and oxygen atoms in total. The van der Waals surface area contributed by atoms with Crippen LogP contribution in [-0.2, 0) is 0 Å². The Morgan fingerprint density at radius 3 is 2.29 bits per heavy atom. The summed E-state index contributed by atoms with van der Waals surface area (Å²) in [5.74, 6) is 1.16. The highest BCUT2D eigenvalue weighted by Gasteiger charge is 2.12. The highest BCUT2D eigenvalue weighted by atomic mass is 16.3. The molecule has 1 N–H and O–H groups in total. The first-order chi connectivity index (χ1) is 11.6. The van der Waals surface area contributed by atoms with Gasteiger partial charge in [0.1, 0.15) is 11.6 Å². The van der Waals surface area contributed by atoms with Crippen LogP contribution in [0, 0.1) is 0 Å². The van der Waals surface area contributed by atoms with Crippen LogP contribution >= 0.6 is 0 Å². The molecule has 0 bridgehead atoms. The molecular formula is C20H17N3O. The SMILES string of the molecule is CN(C)c1ccc2c(-c3ccc(O)cc3)nc3ccccc3c2n1. The zero-order valence-electron chi connectivity index (χ0n) is 13.6. The van der Waals surface area contributed by atoms with Crippen molar-refractivity contribution in [3.8, 4) is 17.0 Å². The van der Waals surface area contributed by atoms with Crippen molar-refractivity contribution >= 4 is 27.6 Å². The van der Waals surface area contributed by atoms with Crippen molar-refractivity contribution in [1.29, 1.82) is 0 Å². The summed E-state index contributed by atoms with van der Waals surface area (Å²) >= 11 is 0. The van der Waals surface area contributed by atoms with Crippen LogP contribution in [0.15, 0.2) is 60.7 Å². The molecule has 24 heavy (non-hydrogen) atoms. The Morgan fingerprint density at radius 2 is 1.54 bits per heavy atom. The second-order valence-electron chi connectivity index (χ2n) is 5.98. The van der Waals surface area contributed by atoms with E-state index >= 15 is 0 Å². The van der Waals surface area contributed by atoms with E-state index < -0.39 is 0 Å². The summed E-state index contributed by atoms with van der Waals surface area (Å²) in [6.07, 6.45) is 0. The van der Waals surface area contributed by atoms with Gasteiger partial charge >= 0.3 is 0 Å². The fourth-order valence-corrected chi connectivity index (χ4v) is 2.89. The summed E-state index contributed by atoms with van der Waals surface area (Å²) in [6.45, 7) is 0. The first kappa shape index (κ1) is 14.5. The van der Waals surface area contributed by atoms with Gasteiger partial charge in [-0.25, -0.2) is 9.97 Å². The predicted molar refractivity (Wildman–Crippen MR) is 98.5 cm³/mol. The highest BCUT2D eigenvalue weighted by molar-refractivity contribution is 6.09. The lowest BCUT2D eigenvalue weighted by atomic mass is 10.0. The Hall–Kier alpha value is -3.14. The first-order valence-electron chi connectivity index (χ1n) is 7.80. The largest absolute Gasteiger partial charge is 0.508 e. The Kier molecular flexibility index (Phi) is 3.31. The number of aromatic hydroxyl groups is 1. The Morgan fingerprint density at radius 1 is 0.792 bits per heavy atom. The van der Waals surface area contributed by atoms with E-state index in [2.05, 4.69) is 12.1 Å². The van der Waals surface area contributed by atoms with Crippen molar-refractivity contribution in [3.05, 3.63) is 60.7 Å². The second-order valence-corrected chi connectivity index (χ2v) is 5.98. The fraction of sp³-hybridized carbons (Fsp3) is 0.100. The van der Waals surface area contributed by atoms with Gasteiger partial charge in [-0.3, -0.25) is 0 Å². The van der Waals surface area contributed by atoms with Crippen LogP contribution in [0.4, 0.5) is 5.82 Å². The number of rotatable bonds is 2. The number of benzene rings is 2. The van der Waals surface area contributed by atoms with Crippen molar-refractivity contribution in [2.45, 2.75) is 0 Å². The maximum Gasteiger partial charge on any atom is 0.128 e. The average Bonchev–Trinajstić information content (AvgIpc) is 2.61. The summed E-state index contributed by atoms with van der Waals surface area (Å²) in [4.78, 5) is 11.7. The molecule has 2 heterocycles. The molecule has 4 rings (SSSR count). The molecule has 0 spiro atoms. The number of fused-ring (bicyclic) bond motifs is 3. The number of hydrogen-bond donors (Lipinski definition) is 1. The van der Waals surface area contributed by atoms with Gasteiger partial charge in [0.05, 0.1) is 16.7 Å². The number of phenols is 1. The van der Waals surface area contributed by atoms with Crippen LogP contribution < -0.4 is 4.90 Å². The molecule has 0 saturated heterocycles.